The maximum Gasteiger partial charge on any atom is 0.333 e. The first-order valence-corrected chi connectivity index (χ1v) is 9.41. The van der Waals surface area contributed by atoms with E-state index in [4.69, 9.17) is 0 Å². The van der Waals surface area contributed by atoms with Gasteiger partial charge in [-0.05, 0) is 49.3 Å². The molecule has 0 unspecified atom stereocenters. The van der Waals surface area contributed by atoms with Crippen molar-refractivity contribution in [1.82, 2.24) is 4.90 Å². The number of benzene rings is 1. The topological polar surface area (TPSA) is 46.6 Å². The average Bonchev–Trinajstić information content (AvgIpc) is 2.87. The van der Waals surface area contributed by atoms with E-state index < -0.39 is 5.97 Å². The molecule has 1 aromatic rings. The number of carbonyl (C=O) groups is 2. The van der Waals surface area contributed by atoms with Crippen LogP contribution in [0, 0.1) is 13.8 Å². The molecule has 124 valence electrons. The number of aryl methyl sites for hydroxylation is 2. The number of ether oxygens (including phenoxy) is 1. The molecule has 1 heterocycles. The van der Waals surface area contributed by atoms with E-state index in [2.05, 4.69) is 36.8 Å². The van der Waals surface area contributed by atoms with Crippen LogP contribution in [0.4, 0.5) is 0 Å². The first-order chi connectivity index (χ1) is 11.0. The number of esters is 1. The molecule has 0 radical (unpaired) electrons. The molecule has 1 saturated heterocycles. The second-order valence-corrected chi connectivity index (χ2v) is 7.45. The SMILES string of the molecule is COC(=O)/C=C1/SCC(=O)N1CCCSc1ccc(C)c(C)c1. The van der Waals surface area contributed by atoms with Gasteiger partial charge in [-0.3, -0.25) is 4.79 Å². The maximum atomic E-state index is 11.9. The van der Waals surface area contributed by atoms with Crippen LogP contribution in [0.2, 0.25) is 0 Å². The Kier molecular flexibility index (Phi) is 6.59. The predicted octanol–water partition coefficient (Wildman–Crippen LogP) is 3.38. The molecule has 0 aliphatic carbocycles. The molecule has 1 amide bonds. The number of thioether (sulfide) groups is 2. The van der Waals surface area contributed by atoms with E-state index in [1.807, 2.05) is 0 Å². The van der Waals surface area contributed by atoms with Crippen LogP contribution in [-0.2, 0) is 14.3 Å². The molecule has 1 fully saturated rings. The summed E-state index contributed by atoms with van der Waals surface area (Å²) in [6, 6.07) is 6.46. The van der Waals surface area contributed by atoms with Crippen molar-refractivity contribution in [3.05, 3.63) is 40.4 Å². The quantitative estimate of drug-likeness (QED) is 0.340. The minimum Gasteiger partial charge on any atom is -0.466 e. The van der Waals surface area contributed by atoms with Gasteiger partial charge in [0.1, 0.15) is 0 Å². The smallest absolute Gasteiger partial charge is 0.333 e. The first-order valence-electron chi connectivity index (χ1n) is 7.44. The van der Waals surface area contributed by atoms with E-state index >= 15 is 0 Å². The summed E-state index contributed by atoms with van der Waals surface area (Å²) in [5, 5.41) is 0.693. The number of nitrogens with zero attached hydrogens (tertiary/aromatic N) is 1. The van der Waals surface area contributed by atoms with E-state index in [0.717, 1.165) is 12.2 Å². The lowest BCUT2D eigenvalue weighted by molar-refractivity contribution is -0.134. The van der Waals surface area contributed by atoms with Gasteiger partial charge in [0.25, 0.3) is 0 Å². The Morgan fingerprint density at radius 3 is 2.87 bits per heavy atom. The Hall–Kier alpha value is -1.40. The molecular formula is C17H21NO3S2. The lowest BCUT2D eigenvalue weighted by Crippen LogP contribution is -2.26. The monoisotopic (exact) mass is 351 g/mol. The number of carbonyl (C=O) groups excluding carboxylic acids is 2. The minimum atomic E-state index is -0.420. The predicted molar refractivity (Wildman–Crippen MR) is 95.5 cm³/mol. The summed E-state index contributed by atoms with van der Waals surface area (Å²) in [4.78, 5) is 26.2. The molecule has 1 aromatic carbocycles. The van der Waals surface area contributed by atoms with E-state index in [1.54, 1.807) is 16.7 Å². The Labute approximate surface area is 145 Å². The van der Waals surface area contributed by atoms with Gasteiger partial charge in [0.2, 0.25) is 5.91 Å². The third-order valence-electron chi connectivity index (χ3n) is 3.63. The van der Waals surface area contributed by atoms with Gasteiger partial charge in [-0.15, -0.1) is 11.8 Å². The third-order valence-corrected chi connectivity index (χ3v) is 5.73. The molecule has 1 aliphatic heterocycles. The average molecular weight is 351 g/mol. The molecule has 4 nitrogen and oxygen atoms in total. The van der Waals surface area contributed by atoms with E-state index in [9.17, 15) is 9.59 Å². The van der Waals surface area contributed by atoms with Crippen LogP contribution < -0.4 is 0 Å². The minimum absolute atomic E-state index is 0.0568. The van der Waals surface area contributed by atoms with Gasteiger partial charge in [-0.2, -0.15) is 0 Å². The van der Waals surface area contributed by atoms with Crippen molar-refractivity contribution in [2.24, 2.45) is 0 Å². The molecule has 23 heavy (non-hydrogen) atoms. The zero-order valence-electron chi connectivity index (χ0n) is 13.6. The molecule has 0 bridgehead atoms. The van der Waals surface area contributed by atoms with E-state index in [0.29, 0.717) is 17.3 Å². The Morgan fingerprint density at radius 1 is 1.39 bits per heavy atom. The fraction of sp³-hybridized carbons (Fsp3) is 0.412. The van der Waals surface area contributed by atoms with Crippen LogP contribution in [0.15, 0.2) is 34.2 Å². The lowest BCUT2D eigenvalue weighted by atomic mass is 10.1. The van der Waals surface area contributed by atoms with Crippen molar-refractivity contribution < 1.29 is 14.3 Å². The van der Waals surface area contributed by atoms with Crippen LogP contribution in [0.25, 0.3) is 0 Å². The largest absolute Gasteiger partial charge is 0.466 e. The van der Waals surface area contributed by atoms with Crippen molar-refractivity contribution >= 4 is 35.4 Å². The van der Waals surface area contributed by atoms with Crippen molar-refractivity contribution in [2.75, 3.05) is 25.2 Å². The fourth-order valence-corrected chi connectivity index (χ4v) is 4.03. The molecular weight excluding hydrogens is 330 g/mol. The summed E-state index contributed by atoms with van der Waals surface area (Å²) in [7, 11) is 1.34. The number of amides is 1. The zero-order valence-corrected chi connectivity index (χ0v) is 15.3. The number of hydrogen-bond donors (Lipinski definition) is 0. The highest BCUT2D eigenvalue weighted by atomic mass is 32.2. The summed E-state index contributed by atoms with van der Waals surface area (Å²) in [6.45, 7) is 4.85. The highest BCUT2D eigenvalue weighted by Crippen LogP contribution is 2.29. The molecule has 0 spiro atoms. The van der Waals surface area contributed by atoms with Crippen LogP contribution >= 0.6 is 23.5 Å². The van der Waals surface area contributed by atoms with Crippen molar-refractivity contribution in [1.29, 1.82) is 0 Å². The second kappa shape index (κ2) is 8.45. The third kappa shape index (κ3) is 5.04. The summed E-state index contributed by atoms with van der Waals surface area (Å²) in [6.07, 6.45) is 2.27. The van der Waals surface area contributed by atoms with Crippen LogP contribution in [0.5, 0.6) is 0 Å². The van der Waals surface area contributed by atoms with Crippen LogP contribution in [-0.4, -0.2) is 41.9 Å². The molecule has 0 atom stereocenters. The summed E-state index contributed by atoms with van der Waals surface area (Å²) in [5.74, 6) is 0.966. The Balaban J connectivity index is 1.84. The maximum absolute atomic E-state index is 11.9. The van der Waals surface area contributed by atoms with Gasteiger partial charge in [0, 0.05) is 11.4 Å². The van der Waals surface area contributed by atoms with Crippen molar-refractivity contribution in [3.63, 3.8) is 0 Å². The molecule has 0 N–H and O–H groups in total. The zero-order chi connectivity index (χ0) is 16.8. The van der Waals surface area contributed by atoms with Crippen molar-refractivity contribution in [3.8, 4) is 0 Å². The van der Waals surface area contributed by atoms with Gasteiger partial charge in [-0.25, -0.2) is 4.79 Å². The fourth-order valence-electron chi connectivity index (χ4n) is 2.15. The molecule has 2 rings (SSSR count). The molecule has 1 aliphatic rings. The summed E-state index contributed by atoms with van der Waals surface area (Å²) < 4.78 is 4.63. The molecule has 0 saturated carbocycles. The van der Waals surface area contributed by atoms with Gasteiger partial charge >= 0.3 is 5.97 Å². The number of rotatable bonds is 6. The van der Waals surface area contributed by atoms with Gasteiger partial charge in [-0.1, -0.05) is 17.8 Å². The van der Waals surface area contributed by atoms with E-state index in [-0.39, 0.29) is 5.91 Å². The van der Waals surface area contributed by atoms with Gasteiger partial charge in [0.15, 0.2) is 0 Å². The summed E-state index contributed by atoms with van der Waals surface area (Å²) in [5.41, 5.74) is 2.59. The Bertz CT molecular complexity index is 628. The Morgan fingerprint density at radius 2 is 2.17 bits per heavy atom. The molecule has 0 aromatic heterocycles. The number of methoxy groups -OCH3 is 1. The first kappa shape index (κ1) is 17.9. The van der Waals surface area contributed by atoms with Crippen LogP contribution in [0.3, 0.4) is 0 Å². The standard InChI is InChI=1S/C17H21NO3S2/c1-12-5-6-14(9-13(12)2)22-8-4-7-18-15(19)11-23-16(18)10-17(20)21-3/h5-6,9-10H,4,7-8,11H2,1-3H3/b16-10+. The summed E-state index contributed by atoms with van der Waals surface area (Å²) >= 11 is 3.18. The van der Waals surface area contributed by atoms with E-state index in [1.165, 1.54) is 41.0 Å². The lowest BCUT2D eigenvalue weighted by Gasteiger charge is -2.16. The highest BCUT2D eigenvalue weighted by Gasteiger charge is 2.26. The van der Waals surface area contributed by atoms with Gasteiger partial charge in [0.05, 0.1) is 24.0 Å². The second-order valence-electron chi connectivity index (χ2n) is 5.29. The normalized spacial score (nSPS) is 16.2. The van der Waals surface area contributed by atoms with Gasteiger partial charge < -0.3 is 9.64 Å². The van der Waals surface area contributed by atoms with Crippen LogP contribution in [0.1, 0.15) is 17.5 Å². The molecule has 6 heteroatoms. The van der Waals surface area contributed by atoms with Crippen molar-refractivity contribution in [2.45, 2.75) is 25.2 Å². The highest BCUT2D eigenvalue weighted by molar-refractivity contribution is 8.04. The number of hydrogen-bond acceptors (Lipinski definition) is 5.